The number of nitrogens with two attached hydrogens (primary N) is 2. The summed E-state index contributed by atoms with van der Waals surface area (Å²) < 4.78 is 61.4. The number of likely N-dealkylation sites (N-methyl/N-ethyl adjacent to an activating group) is 1. The number of rotatable bonds is 19. The van der Waals surface area contributed by atoms with E-state index in [0.717, 1.165) is 65.6 Å². The molecule has 0 spiro atoms. The van der Waals surface area contributed by atoms with Crippen molar-refractivity contribution < 1.29 is 131 Å². The number of aliphatic carboxylic acids is 1. The SMILES string of the molecule is CC(C)C[C@H](C(=O)N[C@H]1C(=O)N[C@@H](CC(N)=O)C(=O)N[C@H]2C(=O)N[C@H]3C(=O)N[C@H](C(=O)N[C@H](C(=O)O)c4cc(O)cc(O)c4-c4cc3ccc4I)[C@H](O)c3ccc(c(Cl)c3)Oc3cc2cc(c3O[C@@H]2O[C@H](CO)[C@@H](O)[C@H](O)[C@H]2O[C@H]2C[C@](C)(N)[C@H](O)[C@H](C)O2)Oc2ccc(cc2Cl)[C@H]1O)N(C)C(=O)CCC(=O)NC(P=O)P=O. The Balaban J connectivity index is 1.20. The molecule has 0 radical (unpaired) electrons. The number of carbonyl (C=O) groups is 10. The van der Waals surface area contributed by atoms with E-state index in [1.165, 1.54) is 39.1 Å². The van der Waals surface area contributed by atoms with Gasteiger partial charge in [-0.1, -0.05) is 55.2 Å². The van der Waals surface area contributed by atoms with Crippen molar-refractivity contribution in [3.63, 3.8) is 0 Å². The van der Waals surface area contributed by atoms with E-state index in [4.69, 9.17) is 63.1 Å². The van der Waals surface area contributed by atoms with Gasteiger partial charge in [-0.25, -0.2) is 4.79 Å². The van der Waals surface area contributed by atoms with Crippen LogP contribution in [0.25, 0.3) is 11.1 Å². The minimum absolute atomic E-state index is 0.0768. The van der Waals surface area contributed by atoms with Crippen LogP contribution in [0.4, 0.5) is 0 Å². The number of carboxylic acid groups (broad SMARTS) is 1. The molecule has 0 aromatic heterocycles. The molecule has 606 valence electrons. The van der Waals surface area contributed by atoms with Crippen LogP contribution in [0.1, 0.15) is 118 Å². The minimum atomic E-state index is -2.39. The second-order valence-electron chi connectivity index (χ2n) is 28.0. The molecule has 113 heavy (non-hydrogen) atoms. The number of benzene rings is 5. The molecule has 42 heteroatoms. The molecule has 9 amide bonds. The van der Waals surface area contributed by atoms with Crippen LogP contribution in [0.5, 0.6) is 40.2 Å². The second kappa shape index (κ2) is 36.2. The smallest absolute Gasteiger partial charge is 0.330 e. The third kappa shape index (κ3) is 19.5. The Bertz CT molecular complexity index is 4580. The molecule has 11 bridgehead atoms. The molecule has 37 nitrogen and oxygen atoms in total. The lowest BCUT2D eigenvalue weighted by Gasteiger charge is -2.47. The normalized spacial score (nSPS) is 27.8. The standard InChI is InChI=1S/C71H79Cl2IN10O27P2/c1-25(2)14-38(84(5)47(90)13-12-46(89)78-70(112-104)113-105)63(97)82-53-55(91)28-7-10-40(34(72)16-28)107-42-18-30-19-43(59(42)111-69-60(58(94)57(93)44(24-85)109-69)110-48-23-71(4,76)61(95)26(3)106-48)108-41-11-8-29(17-35(41)73)56(92)54-67(101)81-52(68(102)103)33-20-31(86)21-39(87)49(33)32-15-27(6-9-36(32)74)50(64(98)83-54)80-65(99)51(30)79-62(96)37(22-45(75)88)77-66(53)100/h6-11,15-21,25-26,37-38,44,48,50-58,60-61,69-70,85-87,91-95H,12-14,22-24,76H2,1-5H3,(H2,75,88)(H,77,100)(H,78,89)(H,79,96)(H,80,99)(H,81,101)(H,82,97)(H,83,98)(H,102,103)/t26-,37-,38+,44+,48-,50+,51+,52-,53+,54-,55+,56+,57+,58-,60+,61+,69-,71-/m0/s1. The van der Waals surface area contributed by atoms with Crippen molar-refractivity contribution in [1.82, 2.24) is 42.1 Å². The molecule has 5 aromatic carbocycles. The number of hydrogen-bond donors (Lipinski definition) is 18. The van der Waals surface area contributed by atoms with Crippen molar-refractivity contribution in [2.75, 3.05) is 13.7 Å². The summed E-state index contributed by atoms with van der Waals surface area (Å²) in [5, 5.41) is 119. The molecule has 2 saturated heterocycles. The number of carbonyl (C=O) groups excluding carboxylic acids is 9. The number of aliphatic hydroxyl groups excluding tert-OH is 6. The number of nitrogens with one attached hydrogen (secondary N) is 7. The molecule has 18 atom stereocenters. The van der Waals surface area contributed by atoms with Gasteiger partial charge in [-0.15, -0.1) is 0 Å². The highest BCUT2D eigenvalue weighted by Crippen LogP contribution is 2.50. The summed E-state index contributed by atoms with van der Waals surface area (Å²) in [6.07, 6.45) is -20.6. The van der Waals surface area contributed by atoms with E-state index in [1.807, 2.05) is 0 Å². The summed E-state index contributed by atoms with van der Waals surface area (Å²) in [4.78, 5) is 147. The number of aliphatic hydroxyl groups is 6. The van der Waals surface area contributed by atoms with E-state index in [9.17, 15) is 83.9 Å². The van der Waals surface area contributed by atoms with E-state index in [2.05, 4.69) is 37.2 Å². The van der Waals surface area contributed by atoms with Crippen LogP contribution < -0.4 is 62.9 Å². The molecule has 20 N–H and O–H groups in total. The van der Waals surface area contributed by atoms with E-state index in [-0.39, 0.29) is 44.2 Å². The van der Waals surface area contributed by atoms with Crippen molar-refractivity contribution in [2.24, 2.45) is 17.4 Å². The Kier molecular flexibility index (Phi) is 27.6. The number of aromatic hydroxyl groups is 2. The van der Waals surface area contributed by atoms with Crippen LogP contribution in [-0.4, -0.2) is 208 Å². The second-order valence-corrected chi connectivity index (χ2v) is 31.8. The van der Waals surface area contributed by atoms with Gasteiger partial charge in [-0.05, 0) is 131 Å². The van der Waals surface area contributed by atoms with Crippen LogP contribution in [0, 0.1) is 9.49 Å². The molecule has 0 saturated carbocycles. The maximum absolute atomic E-state index is 16.2. The number of nitrogens with zero attached hydrogens (tertiary/aromatic N) is 1. The van der Waals surface area contributed by atoms with Crippen LogP contribution in [0.3, 0.4) is 0 Å². The summed E-state index contributed by atoms with van der Waals surface area (Å²) in [5.41, 5.74) is 7.39. The predicted octanol–water partition coefficient (Wildman–Crippen LogP) is 2.01. The summed E-state index contributed by atoms with van der Waals surface area (Å²) in [7, 11) is -0.193. The number of hydrogen-bond acceptors (Lipinski definition) is 27. The highest BCUT2D eigenvalue weighted by molar-refractivity contribution is 14.1. The summed E-state index contributed by atoms with van der Waals surface area (Å²) in [6, 6.07) is -0.797. The van der Waals surface area contributed by atoms with E-state index in [0.29, 0.717) is 0 Å². The molecule has 7 heterocycles. The van der Waals surface area contributed by atoms with Crippen molar-refractivity contribution in [3.05, 3.63) is 120 Å². The highest BCUT2D eigenvalue weighted by atomic mass is 127. The van der Waals surface area contributed by atoms with Gasteiger partial charge in [0.05, 0.1) is 35.3 Å². The summed E-state index contributed by atoms with van der Waals surface area (Å²) >= 11 is 16.0. The topological polar surface area (TPSA) is 582 Å². The molecule has 0 aliphatic carbocycles. The number of primary amides is 1. The van der Waals surface area contributed by atoms with Gasteiger partial charge in [0.15, 0.2) is 52.4 Å². The Morgan fingerprint density at radius 2 is 1.35 bits per heavy atom. The monoisotopic (exact) mass is 1760 g/mol. The summed E-state index contributed by atoms with van der Waals surface area (Å²) in [5.74, 6) is -17.8. The average Bonchev–Trinajstić information content (AvgIpc) is 0.767. The lowest BCUT2D eigenvalue weighted by Crippen LogP contribution is -2.64. The number of fused-ring (bicyclic) bond motifs is 15. The van der Waals surface area contributed by atoms with Crippen molar-refractivity contribution in [3.8, 4) is 51.4 Å². The zero-order valence-electron chi connectivity index (χ0n) is 60.2. The first kappa shape index (κ1) is 86.3. The Morgan fingerprint density at radius 3 is 1.93 bits per heavy atom. The van der Waals surface area contributed by atoms with Crippen molar-refractivity contribution in [1.29, 1.82) is 0 Å². The lowest BCUT2D eigenvalue weighted by atomic mass is 9.86. The number of phenolic OH excluding ortho intramolecular Hbond substituents is 2. The van der Waals surface area contributed by atoms with Gasteiger partial charge in [0, 0.05) is 52.6 Å². The number of carboxylic acids is 1. The molecule has 0 unspecified atom stereocenters. The van der Waals surface area contributed by atoms with Crippen LogP contribution in [-0.2, 0) is 71.3 Å². The highest BCUT2D eigenvalue weighted by Gasteiger charge is 2.52. The predicted molar refractivity (Wildman–Crippen MR) is 400 cm³/mol. The van der Waals surface area contributed by atoms with Gasteiger partial charge < -0.3 is 128 Å². The quantitative estimate of drug-likeness (QED) is 0.0415. The van der Waals surface area contributed by atoms with Gasteiger partial charge in [0.2, 0.25) is 65.2 Å². The third-order valence-corrected chi connectivity index (χ3v) is 22.0. The number of ether oxygens (including phenoxy) is 6. The maximum atomic E-state index is 16.2. The van der Waals surface area contributed by atoms with Crippen LogP contribution in [0.2, 0.25) is 10.0 Å². The summed E-state index contributed by atoms with van der Waals surface area (Å²) in [6.45, 7) is 5.31. The first-order valence-corrected chi connectivity index (χ1v) is 38.4. The van der Waals surface area contributed by atoms with E-state index < -0.39 is 284 Å². The van der Waals surface area contributed by atoms with Gasteiger partial charge >= 0.3 is 5.97 Å². The fourth-order valence-electron chi connectivity index (χ4n) is 13.4. The van der Waals surface area contributed by atoms with E-state index >= 15 is 19.2 Å². The van der Waals surface area contributed by atoms with Crippen molar-refractivity contribution in [2.45, 2.75) is 175 Å². The average molecular weight is 1760 g/mol. The first-order chi connectivity index (χ1) is 53.3. The molecular weight excluding hydrogens is 1680 g/mol. The Hall–Kier alpha value is -9.09. The fraction of sp³-hybridized carbons (Fsp3) is 0.437. The number of amides is 9. The zero-order chi connectivity index (χ0) is 82.7. The van der Waals surface area contributed by atoms with Crippen molar-refractivity contribution >= 4 is 122 Å². The first-order valence-electron chi connectivity index (χ1n) is 34.8. The maximum Gasteiger partial charge on any atom is 0.330 e. The van der Waals surface area contributed by atoms with Gasteiger partial charge in [0.25, 0.3) is 0 Å². The fourth-order valence-corrected chi connectivity index (χ4v) is 15.0. The molecular formula is C71H79Cl2IN10O27P2. The Labute approximate surface area is 668 Å². The lowest BCUT2D eigenvalue weighted by molar-refractivity contribution is -0.333. The molecule has 7 aliphatic heterocycles. The van der Waals surface area contributed by atoms with Gasteiger partial charge in [-0.2, -0.15) is 0 Å². The van der Waals surface area contributed by atoms with Crippen LogP contribution >= 0.6 is 62.7 Å². The minimum Gasteiger partial charge on any atom is -0.508 e. The largest absolute Gasteiger partial charge is 0.508 e. The molecule has 7 aliphatic rings. The van der Waals surface area contributed by atoms with Gasteiger partial charge in [-0.3, -0.25) is 52.3 Å². The van der Waals surface area contributed by atoms with Gasteiger partial charge in [0.1, 0.15) is 89.8 Å². The van der Waals surface area contributed by atoms with Crippen LogP contribution in [0.15, 0.2) is 78.9 Å². The Morgan fingerprint density at radius 1 is 0.743 bits per heavy atom. The third-order valence-electron chi connectivity index (χ3n) is 19.3. The molecule has 5 aromatic rings. The number of halogens is 3. The molecule has 12 rings (SSSR count). The number of phenols is 2. The van der Waals surface area contributed by atoms with E-state index in [1.54, 1.807) is 36.4 Å². The zero-order valence-corrected chi connectivity index (χ0v) is 65.7. The molecule has 2 fully saturated rings.